The number of hydrogen-bond donors (Lipinski definition) is 1. The van der Waals surface area contributed by atoms with Crippen molar-refractivity contribution in [2.45, 2.75) is 12.8 Å². The normalized spacial score (nSPS) is 19.9. The SMILES string of the molecule is N#Cc1c(N2CCC3(CC2)COC3)c2ncccc2[nH]c1=O. The molecule has 0 radical (unpaired) electrons. The van der Waals surface area contributed by atoms with Crippen LogP contribution in [0.2, 0.25) is 0 Å². The Kier molecular flexibility index (Phi) is 2.91. The Bertz CT molecular complexity index is 822. The fourth-order valence-electron chi connectivity index (χ4n) is 3.40. The van der Waals surface area contributed by atoms with E-state index < -0.39 is 0 Å². The van der Waals surface area contributed by atoms with Crippen LogP contribution in [0.1, 0.15) is 18.4 Å². The van der Waals surface area contributed by atoms with Gasteiger partial charge in [-0.15, -0.1) is 0 Å². The number of rotatable bonds is 1. The third-order valence-electron chi connectivity index (χ3n) is 4.81. The molecule has 0 atom stereocenters. The van der Waals surface area contributed by atoms with Crippen molar-refractivity contribution in [1.29, 1.82) is 5.26 Å². The number of nitrogens with one attached hydrogen (secondary N) is 1. The number of H-pyrrole nitrogens is 1. The summed E-state index contributed by atoms with van der Waals surface area (Å²) in [5.74, 6) is 0. The first-order valence-electron chi connectivity index (χ1n) is 7.46. The summed E-state index contributed by atoms with van der Waals surface area (Å²) in [5.41, 5.74) is 2.18. The monoisotopic (exact) mass is 296 g/mol. The van der Waals surface area contributed by atoms with Crippen molar-refractivity contribution in [3.05, 3.63) is 34.2 Å². The van der Waals surface area contributed by atoms with Crippen LogP contribution in [-0.2, 0) is 4.74 Å². The average Bonchev–Trinajstić information content (AvgIpc) is 2.52. The Morgan fingerprint density at radius 2 is 2.14 bits per heavy atom. The van der Waals surface area contributed by atoms with Crippen LogP contribution in [0.25, 0.3) is 11.0 Å². The molecule has 2 aliphatic rings. The zero-order valence-electron chi connectivity index (χ0n) is 12.1. The van der Waals surface area contributed by atoms with Crippen LogP contribution in [0.5, 0.6) is 0 Å². The number of anilines is 1. The summed E-state index contributed by atoms with van der Waals surface area (Å²) >= 11 is 0. The van der Waals surface area contributed by atoms with Crippen molar-refractivity contribution in [3.63, 3.8) is 0 Å². The van der Waals surface area contributed by atoms with E-state index in [1.807, 2.05) is 6.07 Å². The molecule has 1 spiro atoms. The highest BCUT2D eigenvalue weighted by atomic mass is 16.5. The lowest BCUT2D eigenvalue weighted by molar-refractivity contribution is -0.124. The van der Waals surface area contributed by atoms with Crippen molar-refractivity contribution >= 4 is 16.7 Å². The van der Waals surface area contributed by atoms with Gasteiger partial charge in [0.1, 0.15) is 17.1 Å². The smallest absolute Gasteiger partial charge is 0.268 e. The number of hydrogen-bond acceptors (Lipinski definition) is 5. The minimum absolute atomic E-state index is 0.159. The quantitative estimate of drug-likeness (QED) is 0.860. The fraction of sp³-hybridized carbons (Fsp3) is 0.438. The third kappa shape index (κ3) is 1.90. The highest BCUT2D eigenvalue weighted by Gasteiger charge is 2.41. The van der Waals surface area contributed by atoms with Gasteiger partial charge in [0.25, 0.3) is 5.56 Å². The molecular weight excluding hydrogens is 280 g/mol. The predicted octanol–water partition coefficient (Wildman–Crippen LogP) is 1.41. The maximum Gasteiger partial charge on any atom is 0.268 e. The average molecular weight is 296 g/mol. The molecule has 0 aliphatic carbocycles. The predicted molar refractivity (Wildman–Crippen MR) is 81.8 cm³/mol. The molecule has 6 heteroatoms. The van der Waals surface area contributed by atoms with Crippen molar-refractivity contribution in [2.75, 3.05) is 31.2 Å². The molecule has 0 saturated carbocycles. The van der Waals surface area contributed by atoms with Crippen LogP contribution >= 0.6 is 0 Å². The third-order valence-corrected chi connectivity index (χ3v) is 4.81. The Hall–Kier alpha value is -2.39. The molecule has 4 rings (SSSR count). The lowest BCUT2D eigenvalue weighted by Gasteiger charge is -2.47. The molecule has 2 fully saturated rings. The van der Waals surface area contributed by atoms with Crippen LogP contribution in [0.15, 0.2) is 23.1 Å². The number of aromatic nitrogens is 2. The summed E-state index contributed by atoms with van der Waals surface area (Å²) < 4.78 is 5.35. The van der Waals surface area contributed by atoms with Crippen LogP contribution in [0.3, 0.4) is 0 Å². The highest BCUT2D eigenvalue weighted by molar-refractivity contribution is 5.91. The van der Waals surface area contributed by atoms with Crippen LogP contribution in [0, 0.1) is 16.7 Å². The minimum Gasteiger partial charge on any atom is -0.380 e. The number of pyridine rings is 2. The van der Waals surface area contributed by atoms with Gasteiger partial charge < -0.3 is 14.6 Å². The van der Waals surface area contributed by atoms with Gasteiger partial charge in [0.2, 0.25) is 0 Å². The molecule has 2 saturated heterocycles. The van der Waals surface area contributed by atoms with Crippen molar-refractivity contribution < 1.29 is 4.74 Å². The second kappa shape index (κ2) is 4.82. The lowest BCUT2D eigenvalue weighted by atomic mass is 9.76. The molecule has 0 bridgehead atoms. The van der Waals surface area contributed by atoms with Crippen molar-refractivity contribution in [2.24, 2.45) is 5.41 Å². The molecule has 2 aromatic rings. The zero-order chi connectivity index (χ0) is 15.2. The van der Waals surface area contributed by atoms with Crippen LogP contribution < -0.4 is 10.5 Å². The lowest BCUT2D eigenvalue weighted by Crippen LogP contribution is -2.51. The molecule has 22 heavy (non-hydrogen) atoms. The van der Waals surface area contributed by atoms with E-state index >= 15 is 0 Å². The van der Waals surface area contributed by atoms with Gasteiger partial charge in [0.15, 0.2) is 0 Å². The number of aromatic amines is 1. The first kappa shape index (κ1) is 13.3. The molecule has 0 unspecified atom stereocenters. The highest BCUT2D eigenvalue weighted by Crippen LogP contribution is 2.40. The van der Waals surface area contributed by atoms with Crippen molar-refractivity contribution in [1.82, 2.24) is 9.97 Å². The molecule has 4 heterocycles. The molecule has 6 nitrogen and oxygen atoms in total. The Balaban J connectivity index is 1.80. The van der Waals surface area contributed by atoms with Crippen molar-refractivity contribution in [3.8, 4) is 6.07 Å². The first-order chi connectivity index (χ1) is 10.7. The molecule has 0 amide bonds. The summed E-state index contributed by atoms with van der Waals surface area (Å²) in [4.78, 5) is 21.4. The largest absolute Gasteiger partial charge is 0.380 e. The summed E-state index contributed by atoms with van der Waals surface area (Å²) in [6.45, 7) is 3.32. The maximum absolute atomic E-state index is 12.2. The summed E-state index contributed by atoms with van der Waals surface area (Å²) in [6, 6.07) is 5.65. The Morgan fingerprint density at radius 1 is 1.36 bits per heavy atom. The van der Waals surface area contributed by atoms with Gasteiger partial charge in [-0.3, -0.25) is 9.78 Å². The van der Waals surface area contributed by atoms with Gasteiger partial charge in [-0.25, -0.2) is 0 Å². The molecule has 1 N–H and O–H groups in total. The number of nitrogens with zero attached hydrogens (tertiary/aromatic N) is 3. The maximum atomic E-state index is 12.2. The van der Waals surface area contributed by atoms with E-state index in [0.717, 1.165) is 39.1 Å². The second-order valence-electron chi connectivity index (χ2n) is 6.17. The van der Waals surface area contributed by atoms with E-state index in [-0.39, 0.29) is 11.1 Å². The first-order valence-corrected chi connectivity index (χ1v) is 7.46. The molecular formula is C16H16N4O2. The second-order valence-corrected chi connectivity index (χ2v) is 6.17. The van der Waals surface area contributed by atoms with Gasteiger partial charge in [-0.1, -0.05) is 0 Å². The number of nitriles is 1. The van der Waals surface area contributed by atoms with Gasteiger partial charge in [0, 0.05) is 24.7 Å². The number of ether oxygens (including phenoxy) is 1. The standard InChI is InChI=1S/C16H16N4O2/c17-8-11-14(13-12(19-15(11)21)2-1-5-18-13)20-6-3-16(4-7-20)9-22-10-16/h1-2,5H,3-4,6-7,9-10H2,(H,19,21). The Labute approximate surface area is 127 Å². The fourth-order valence-corrected chi connectivity index (χ4v) is 3.40. The van der Waals surface area contributed by atoms with Gasteiger partial charge in [-0.2, -0.15) is 5.26 Å². The zero-order valence-corrected chi connectivity index (χ0v) is 12.1. The van der Waals surface area contributed by atoms with E-state index in [2.05, 4.69) is 20.9 Å². The van der Waals surface area contributed by atoms with E-state index in [0.29, 0.717) is 22.1 Å². The number of fused-ring (bicyclic) bond motifs is 1. The van der Waals surface area contributed by atoms with E-state index in [1.165, 1.54) is 0 Å². The van der Waals surface area contributed by atoms with Gasteiger partial charge in [0.05, 0.1) is 24.4 Å². The molecule has 2 aliphatic heterocycles. The summed E-state index contributed by atoms with van der Waals surface area (Å²) in [5, 5.41) is 9.40. The van der Waals surface area contributed by atoms with E-state index in [1.54, 1.807) is 12.3 Å². The van der Waals surface area contributed by atoms with Crippen LogP contribution in [0.4, 0.5) is 5.69 Å². The topological polar surface area (TPSA) is 82.0 Å². The molecule has 2 aromatic heterocycles. The Morgan fingerprint density at radius 3 is 2.77 bits per heavy atom. The molecule has 112 valence electrons. The summed E-state index contributed by atoms with van der Waals surface area (Å²) in [6.07, 6.45) is 3.74. The van der Waals surface area contributed by atoms with E-state index in [4.69, 9.17) is 4.74 Å². The number of piperidine rings is 1. The molecule has 0 aromatic carbocycles. The van der Waals surface area contributed by atoms with Gasteiger partial charge >= 0.3 is 0 Å². The summed E-state index contributed by atoms with van der Waals surface area (Å²) in [7, 11) is 0. The van der Waals surface area contributed by atoms with E-state index in [9.17, 15) is 10.1 Å². The van der Waals surface area contributed by atoms with Crippen LogP contribution in [-0.4, -0.2) is 36.3 Å². The minimum atomic E-state index is -0.342. The van der Waals surface area contributed by atoms with Gasteiger partial charge in [-0.05, 0) is 25.0 Å².